The summed E-state index contributed by atoms with van der Waals surface area (Å²) < 4.78 is 5.53. The van der Waals surface area contributed by atoms with E-state index in [0.29, 0.717) is 12.4 Å². The second-order valence-corrected chi connectivity index (χ2v) is 4.30. The zero-order chi connectivity index (χ0) is 12.7. The van der Waals surface area contributed by atoms with Gasteiger partial charge in [-0.05, 0) is 24.6 Å². The molecule has 92 valence electrons. The standard InChI is InChI=1S/C13H14N4O/c1-7-11(6-14)16-17-13(7)9-3-4-10-12(5-9)18-8(2)15-10/h3-5H,6,14H2,1-2H3,(H,16,17). The van der Waals surface area contributed by atoms with Crippen molar-refractivity contribution >= 4 is 11.1 Å². The fourth-order valence-electron chi connectivity index (χ4n) is 2.10. The highest BCUT2D eigenvalue weighted by Crippen LogP contribution is 2.26. The summed E-state index contributed by atoms with van der Waals surface area (Å²) in [5.74, 6) is 0.670. The van der Waals surface area contributed by atoms with Crippen LogP contribution in [0.2, 0.25) is 0 Å². The molecule has 0 atom stereocenters. The smallest absolute Gasteiger partial charge is 0.192 e. The van der Waals surface area contributed by atoms with Gasteiger partial charge >= 0.3 is 0 Å². The Bertz CT molecular complexity index is 711. The van der Waals surface area contributed by atoms with Gasteiger partial charge in [0.25, 0.3) is 0 Å². The average molecular weight is 242 g/mol. The number of aromatic amines is 1. The van der Waals surface area contributed by atoms with Crippen LogP contribution in [0.25, 0.3) is 22.4 Å². The van der Waals surface area contributed by atoms with Gasteiger partial charge in [-0.25, -0.2) is 4.98 Å². The van der Waals surface area contributed by atoms with Gasteiger partial charge in [-0.15, -0.1) is 0 Å². The monoisotopic (exact) mass is 242 g/mol. The number of aryl methyl sites for hydroxylation is 1. The molecule has 3 N–H and O–H groups in total. The first kappa shape index (κ1) is 11.0. The summed E-state index contributed by atoms with van der Waals surface area (Å²) in [6.45, 7) is 4.31. The summed E-state index contributed by atoms with van der Waals surface area (Å²) in [4.78, 5) is 4.28. The largest absolute Gasteiger partial charge is 0.441 e. The highest BCUT2D eigenvalue weighted by atomic mass is 16.3. The first-order valence-electron chi connectivity index (χ1n) is 5.80. The molecule has 2 heterocycles. The van der Waals surface area contributed by atoms with Gasteiger partial charge < -0.3 is 10.2 Å². The lowest BCUT2D eigenvalue weighted by atomic mass is 10.1. The van der Waals surface area contributed by atoms with E-state index in [1.807, 2.05) is 32.0 Å². The molecule has 0 radical (unpaired) electrons. The lowest BCUT2D eigenvalue weighted by molar-refractivity contribution is 0.561. The molecule has 5 heteroatoms. The Balaban J connectivity index is 2.15. The molecular formula is C13H14N4O. The Labute approximate surface area is 104 Å². The second-order valence-electron chi connectivity index (χ2n) is 4.30. The third-order valence-corrected chi connectivity index (χ3v) is 3.08. The van der Waals surface area contributed by atoms with Gasteiger partial charge in [-0.3, -0.25) is 5.10 Å². The van der Waals surface area contributed by atoms with E-state index >= 15 is 0 Å². The number of H-pyrrole nitrogens is 1. The maximum Gasteiger partial charge on any atom is 0.192 e. The van der Waals surface area contributed by atoms with Crippen LogP contribution < -0.4 is 5.73 Å². The van der Waals surface area contributed by atoms with Crippen LogP contribution in [0.3, 0.4) is 0 Å². The number of aromatic nitrogens is 3. The molecule has 0 unspecified atom stereocenters. The summed E-state index contributed by atoms with van der Waals surface area (Å²) in [5.41, 5.74) is 11.2. The predicted octanol–water partition coefficient (Wildman–Crippen LogP) is 2.29. The highest BCUT2D eigenvalue weighted by molar-refractivity contribution is 5.80. The lowest BCUT2D eigenvalue weighted by Gasteiger charge is -1.98. The van der Waals surface area contributed by atoms with Gasteiger partial charge in [0.2, 0.25) is 0 Å². The predicted molar refractivity (Wildman–Crippen MR) is 69.0 cm³/mol. The van der Waals surface area contributed by atoms with E-state index in [9.17, 15) is 0 Å². The van der Waals surface area contributed by atoms with Crippen LogP contribution in [0, 0.1) is 13.8 Å². The number of benzene rings is 1. The molecule has 0 saturated heterocycles. The summed E-state index contributed by atoms with van der Waals surface area (Å²) in [7, 11) is 0. The van der Waals surface area contributed by atoms with Gasteiger partial charge in [0.15, 0.2) is 11.5 Å². The van der Waals surface area contributed by atoms with Crippen LogP contribution in [-0.2, 0) is 6.54 Å². The van der Waals surface area contributed by atoms with Gasteiger partial charge in [0.1, 0.15) is 5.52 Å². The Hall–Kier alpha value is -2.14. The van der Waals surface area contributed by atoms with Crippen molar-refractivity contribution in [1.82, 2.24) is 15.2 Å². The molecule has 5 nitrogen and oxygen atoms in total. The summed E-state index contributed by atoms with van der Waals surface area (Å²) in [5, 5.41) is 7.26. The van der Waals surface area contributed by atoms with E-state index in [1.54, 1.807) is 0 Å². The first-order chi connectivity index (χ1) is 8.69. The molecule has 3 rings (SSSR count). The van der Waals surface area contributed by atoms with Gasteiger partial charge in [0, 0.05) is 19.0 Å². The third-order valence-electron chi connectivity index (χ3n) is 3.08. The van der Waals surface area contributed by atoms with Crippen molar-refractivity contribution < 1.29 is 4.42 Å². The Morgan fingerprint density at radius 3 is 2.89 bits per heavy atom. The molecule has 0 aliphatic rings. The second kappa shape index (κ2) is 3.96. The van der Waals surface area contributed by atoms with Crippen molar-refractivity contribution in [2.24, 2.45) is 5.73 Å². The minimum absolute atomic E-state index is 0.461. The Morgan fingerprint density at radius 2 is 2.17 bits per heavy atom. The molecule has 18 heavy (non-hydrogen) atoms. The molecule has 0 bridgehead atoms. The van der Waals surface area contributed by atoms with Gasteiger partial charge in [-0.1, -0.05) is 6.07 Å². The number of hydrogen-bond acceptors (Lipinski definition) is 4. The van der Waals surface area contributed by atoms with Crippen molar-refractivity contribution in [1.29, 1.82) is 0 Å². The number of oxazole rings is 1. The zero-order valence-electron chi connectivity index (χ0n) is 10.3. The van der Waals surface area contributed by atoms with Crippen LogP contribution in [0.4, 0.5) is 0 Å². The molecular weight excluding hydrogens is 228 g/mol. The normalized spacial score (nSPS) is 11.3. The molecule has 2 aromatic heterocycles. The van der Waals surface area contributed by atoms with E-state index in [2.05, 4.69) is 15.2 Å². The third kappa shape index (κ3) is 1.60. The molecule has 0 spiro atoms. The molecule has 0 aliphatic carbocycles. The number of rotatable bonds is 2. The van der Waals surface area contributed by atoms with Crippen molar-refractivity contribution in [3.8, 4) is 11.3 Å². The lowest BCUT2D eigenvalue weighted by Crippen LogP contribution is -1.98. The fraction of sp³-hybridized carbons (Fsp3) is 0.231. The minimum atomic E-state index is 0.461. The highest BCUT2D eigenvalue weighted by Gasteiger charge is 2.11. The molecule has 3 aromatic rings. The van der Waals surface area contributed by atoms with Crippen molar-refractivity contribution in [3.05, 3.63) is 35.3 Å². The number of nitrogens with one attached hydrogen (secondary N) is 1. The van der Waals surface area contributed by atoms with E-state index in [-0.39, 0.29) is 0 Å². The number of nitrogens with zero attached hydrogens (tertiary/aromatic N) is 2. The number of fused-ring (bicyclic) bond motifs is 1. The van der Waals surface area contributed by atoms with E-state index in [0.717, 1.165) is 33.6 Å². The first-order valence-corrected chi connectivity index (χ1v) is 5.80. The summed E-state index contributed by atoms with van der Waals surface area (Å²) >= 11 is 0. The van der Waals surface area contributed by atoms with Crippen molar-refractivity contribution in [3.63, 3.8) is 0 Å². The van der Waals surface area contributed by atoms with Crippen LogP contribution in [0.1, 0.15) is 17.1 Å². The fourth-order valence-corrected chi connectivity index (χ4v) is 2.10. The average Bonchev–Trinajstić information content (AvgIpc) is 2.89. The topological polar surface area (TPSA) is 80.7 Å². The van der Waals surface area contributed by atoms with Crippen LogP contribution >= 0.6 is 0 Å². The Kier molecular flexibility index (Phi) is 2.41. The quantitative estimate of drug-likeness (QED) is 0.722. The molecule has 0 aliphatic heterocycles. The number of hydrogen-bond donors (Lipinski definition) is 2. The van der Waals surface area contributed by atoms with E-state index < -0.39 is 0 Å². The maximum atomic E-state index is 5.64. The van der Waals surface area contributed by atoms with Crippen LogP contribution in [-0.4, -0.2) is 15.2 Å². The SMILES string of the molecule is Cc1nc2ccc(-c3n[nH]c(CN)c3C)cc2o1. The van der Waals surface area contributed by atoms with E-state index in [4.69, 9.17) is 10.2 Å². The van der Waals surface area contributed by atoms with Crippen molar-refractivity contribution in [2.75, 3.05) is 0 Å². The summed E-state index contributed by atoms with van der Waals surface area (Å²) in [6, 6.07) is 5.89. The molecule has 0 amide bonds. The molecule has 1 aromatic carbocycles. The zero-order valence-corrected chi connectivity index (χ0v) is 10.3. The van der Waals surface area contributed by atoms with Gasteiger partial charge in [-0.2, -0.15) is 5.10 Å². The van der Waals surface area contributed by atoms with E-state index in [1.165, 1.54) is 0 Å². The molecule has 0 saturated carbocycles. The number of nitrogens with two attached hydrogens (primary N) is 1. The summed E-state index contributed by atoms with van der Waals surface area (Å²) in [6.07, 6.45) is 0. The van der Waals surface area contributed by atoms with Crippen molar-refractivity contribution in [2.45, 2.75) is 20.4 Å². The van der Waals surface area contributed by atoms with Gasteiger partial charge in [0.05, 0.1) is 11.4 Å². The van der Waals surface area contributed by atoms with Crippen LogP contribution in [0.5, 0.6) is 0 Å². The maximum absolute atomic E-state index is 5.64. The molecule has 0 fully saturated rings. The minimum Gasteiger partial charge on any atom is -0.441 e. The Morgan fingerprint density at radius 1 is 1.33 bits per heavy atom. The van der Waals surface area contributed by atoms with Crippen LogP contribution in [0.15, 0.2) is 22.6 Å².